The molecule has 0 bridgehead atoms. The van der Waals surface area contributed by atoms with Crippen molar-refractivity contribution in [2.24, 2.45) is 0 Å². The molecule has 0 aliphatic rings. The Kier molecular flexibility index (Phi) is 2.33. The van der Waals surface area contributed by atoms with E-state index in [0.29, 0.717) is 11.3 Å². The van der Waals surface area contributed by atoms with Crippen LogP contribution in [0.1, 0.15) is 5.56 Å². The number of rotatable bonds is 1. The minimum Gasteiger partial charge on any atom is -0.507 e. The number of aromatic nitrogens is 2. The third kappa shape index (κ3) is 1.79. The van der Waals surface area contributed by atoms with Crippen molar-refractivity contribution in [1.29, 1.82) is 0 Å². The highest BCUT2D eigenvalue weighted by molar-refractivity contribution is 5.68. The van der Waals surface area contributed by atoms with Gasteiger partial charge in [0.2, 0.25) is 0 Å². The largest absolute Gasteiger partial charge is 0.507 e. The average molecular weight is 204 g/mol. The van der Waals surface area contributed by atoms with Gasteiger partial charge in [0.1, 0.15) is 17.9 Å². The molecule has 0 spiro atoms. The van der Waals surface area contributed by atoms with Crippen LogP contribution in [0.25, 0.3) is 11.3 Å². The van der Waals surface area contributed by atoms with Crippen molar-refractivity contribution in [1.82, 2.24) is 9.97 Å². The van der Waals surface area contributed by atoms with Crippen molar-refractivity contribution in [2.75, 3.05) is 0 Å². The highest BCUT2D eigenvalue weighted by atomic mass is 19.1. The first-order chi connectivity index (χ1) is 7.18. The van der Waals surface area contributed by atoms with Crippen LogP contribution in [0.2, 0.25) is 0 Å². The van der Waals surface area contributed by atoms with Gasteiger partial charge < -0.3 is 5.11 Å². The van der Waals surface area contributed by atoms with Gasteiger partial charge in [-0.1, -0.05) is 0 Å². The summed E-state index contributed by atoms with van der Waals surface area (Å²) in [7, 11) is 0. The van der Waals surface area contributed by atoms with E-state index >= 15 is 0 Å². The van der Waals surface area contributed by atoms with E-state index in [2.05, 4.69) is 9.97 Å². The van der Waals surface area contributed by atoms with Gasteiger partial charge in [-0.25, -0.2) is 14.4 Å². The van der Waals surface area contributed by atoms with Crippen LogP contribution >= 0.6 is 0 Å². The van der Waals surface area contributed by atoms with Gasteiger partial charge in [-0.3, -0.25) is 0 Å². The number of aryl methyl sites for hydroxylation is 1. The lowest BCUT2D eigenvalue weighted by Gasteiger charge is -2.05. The Balaban J connectivity index is 2.64. The molecule has 0 radical (unpaired) electrons. The lowest BCUT2D eigenvalue weighted by atomic mass is 10.1. The molecule has 76 valence electrons. The molecule has 0 unspecified atom stereocenters. The molecule has 0 amide bonds. The Morgan fingerprint density at radius 2 is 2.13 bits per heavy atom. The monoisotopic (exact) mass is 204 g/mol. The molecule has 1 aromatic heterocycles. The Hall–Kier alpha value is -1.97. The molecule has 0 saturated carbocycles. The van der Waals surface area contributed by atoms with Gasteiger partial charge in [0.05, 0.1) is 5.69 Å². The summed E-state index contributed by atoms with van der Waals surface area (Å²) in [4.78, 5) is 7.85. The first-order valence-corrected chi connectivity index (χ1v) is 4.44. The number of aromatic hydroxyl groups is 1. The molecule has 1 aromatic carbocycles. The van der Waals surface area contributed by atoms with E-state index < -0.39 is 5.82 Å². The summed E-state index contributed by atoms with van der Waals surface area (Å²) in [5.74, 6) is -0.390. The molecule has 4 heteroatoms. The maximum atomic E-state index is 13.0. The van der Waals surface area contributed by atoms with Crippen molar-refractivity contribution in [2.45, 2.75) is 6.92 Å². The zero-order valence-electron chi connectivity index (χ0n) is 8.11. The number of phenols is 1. The van der Waals surface area contributed by atoms with E-state index in [4.69, 9.17) is 0 Å². The second-order valence-corrected chi connectivity index (χ2v) is 3.22. The Morgan fingerprint density at radius 3 is 2.87 bits per heavy atom. The first kappa shape index (κ1) is 9.58. The molecule has 3 nitrogen and oxygen atoms in total. The molecule has 2 rings (SSSR count). The number of nitrogens with zero attached hydrogens (tertiary/aromatic N) is 2. The maximum absolute atomic E-state index is 13.0. The van der Waals surface area contributed by atoms with Gasteiger partial charge in [-0.15, -0.1) is 0 Å². The summed E-state index contributed by atoms with van der Waals surface area (Å²) in [6.45, 7) is 1.81. The number of hydrogen-bond donors (Lipinski definition) is 1. The SMILES string of the molecule is Cc1cncnc1-c1cc(F)ccc1O. The standard InChI is InChI=1S/C11H9FN2O/c1-7-5-13-6-14-11(7)9-4-8(12)2-3-10(9)15/h2-6,15H,1H3. The van der Waals surface area contributed by atoms with Crippen LogP contribution < -0.4 is 0 Å². The number of halogens is 1. The molecule has 1 heterocycles. The van der Waals surface area contributed by atoms with Gasteiger partial charge in [0.15, 0.2) is 0 Å². The van der Waals surface area contributed by atoms with Gasteiger partial charge in [-0.2, -0.15) is 0 Å². The van der Waals surface area contributed by atoms with Crippen LogP contribution in [-0.4, -0.2) is 15.1 Å². The van der Waals surface area contributed by atoms with Gasteiger partial charge in [-0.05, 0) is 30.7 Å². The summed E-state index contributed by atoms with van der Waals surface area (Å²) in [5, 5.41) is 9.59. The average Bonchev–Trinajstić information content (AvgIpc) is 2.23. The lowest BCUT2D eigenvalue weighted by Crippen LogP contribution is -1.90. The van der Waals surface area contributed by atoms with Crippen LogP contribution in [0.15, 0.2) is 30.7 Å². The van der Waals surface area contributed by atoms with E-state index in [1.165, 1.54) is 24.5 Å². The van der Waals surface area contributed by atoms with E-state index in [1.54, 1.807) is 13.1 Å². The van der Waals surface area contributed by atoms with Crippen molar-refractivity contribution >= 4 is 0 Å². The lowest BCUT2D eigenvalue weighted by molar-refractivity contribution is 0.475. The third-order valence-corrected chi connectivity index (χ3v) is 2.11. The fourth-order valence-electron chi connectivity index (χ4n) is 1.38. The summed E-state index contributed by atoms with van der Waals surface area (Å²) in [6.07, 6.45) is 2.99. The summed E-state index contributed by atoms with van der Waals surface area (Å²) in [5.41, 5.74) is 1.72. The molecule has 0 saturated heterocycles. The summed E-state index contributed by atoms with van der Waals surface area (Å²) >= 11 is 0. The molecular weight excluding hydrogens is 195 g/mol. The third-order valence-electron chi connectivity index (χ3n) is 2.11. The molecule has 0 atom stereocenters. The second kappa shape index (κ2) is 3.65. The molecule has 15 heavy (non-hydrogen) atoms. The number of hydrogen-bond acceptors (Lipinski definition) is 3. The Labute approximate surface area is 86.3 Å². The maximum Gasteiger partial charge on any atom is 0.125 e. The van der Waals surface area contributed by atoms with E-state index in [1.807, 2.05) is 0 Å². The molecule has 0 fully saturated rings. The Bertz CT molecular complexity index is 500. The van der Waals surface area contributed by atoms with E-state index in [9.17, 15) is 9.50 Å². The fraction of sp³-hybridized carbons (Fsp3) is 0.0909. The molecule has 1 N–H and O–H groups in total. The smallest absolute Gasteiger partial charge is 0.125 e. The normalized spacial score (nSPS) is 10.3. The van der Waals surface area contributed by atoms with Crippen molar-refractivity contribution in [3.8, 4) is 17.0 Å². The minimum absolute atomic E-state index is 0.0122. The fourth-order valence-corrected chi connectivity index (χ4v) is 1.38. The van der Waals surface area contributed by atoms with Crippen LogP contribution in [0.5, 0.6) is 5.75 Å². The highest BCUT2D eigenvalue weighted by Crippen LogP contribution is 2.29. The zero-order valence-corrected chi connectivity index (χ0v) is 8.11. The van der Waals surface area contributed by atoms with E-state index in [0.717, 1.165) is 5.56 Å². The number of benzene rings is 1. The predicted octanol–water partition coefficient (Wildman–Crippen LogP) is 2.30. The van der Waals surface area contributed by atoms with Gasteiger partial charge in [0.25, 0.3) is 0 Å². The topological polar surface area (TPSA) is 46.0 Å². The highest BCUT2D eigenvalue weighted by Gasteiger charge is 2.09. The van der Waals surface area contributed by atoms with Crippen molar-refractivity contribution < 1.29 is 9.50 Å². The molecule has 0 aliphatic heterocycles. The van der Waals surface area contributed by atoms with Crippen LogP contribution in [0.4, 0.5) is 4.39 Å². The van der Waals surface area contributed by atoms with Crippen molar-refractivity contribution in [3.63, 3.8) is 0 Å². The van der Waals surface area contributed by atoms with E-state index in [-0.39, 0.29) is 5.75 Å². The zero-order chi connectivity index (χ0) is 10.8. The molecule has 0 aliphatic carbocycles. The van der Waals surface area contributed by atoms with Crippen LogP contribution in [0, 0.1) is 12.7 Å². The first-order valence-electron chi connectivity index (χ1n) is 4.44. The predicted molar refractivity (Wildman–Crippen MR) is 53.8 cm³/mol. The summed E-state index contributed by atoms with van der Waals surface area (Å²) in [6, 6.07) is 3.77. The minimum atomic E-state index is -0.402. The van der Waals surface area contributed by atoms with Crippen LogP contribution in [-0.2, 0) is 0 Å². The van der Waals surface area contributed by atoms with Gasteiger partial charge >= 0.3 is 0 Å². The number of phenolic OH excluding ortho intramolecular Hbond substituents is 1. The van der Waals surface area contributed by atoms with Gasteiger partial charge in [0, 0.05) is 11.8 Å². The van der Waals surface area contributed by atoms with Crippen LogP contribution in [0.3, 0.4) is 0 Å². The molecular formula is C11H9FN2O. The molecule has 2 aromatic rings. The Morgan fingerprint density at radius 1 is 1.33 bits per heavy atom. The summed E-state index contributed by atoms with van der Waals surface area (Å²) < 4.78 is 13.0. The van der Waals surface area contributed by atoms with Crippen molar-refractivity contribution in [3.05, 3.63) is 42.1 Å². The quantitative estimate of drug-likeness (QED) is 0.775. The second-order valence-electron chi connectivity index (χ2n) is 3.22.